The summed E-state index contributed by atoms with van der Waals surface area (Å²) in [6, 6.07) is 12.7. The smallest absolute Gasteiger partial charge is 0.248 e. The minimum atomic E-state index is -1.32. The molecule has 1 fully saturated rings. The monoisotopic (exact) mass is 564 g/mol. The molecule has 0 bridgehead atoms. The SMILES string of the molecule is NC(=O)c1ccc2c(c1)nc([C@H]1O[C@@H](n3cnc4c(N)ncnc43)[C@H](O)[C@@H]1O)n2Cc1cccc(Br)c1. The molecule has 2 aromatic carbocycles. The molecular weight excluding hydrogens is 544 g/mol. The number of nitrogens with zero attached hydrogens (tertiary/aromatic N) is 6. The highest BCUT2D eigenvalue weighted by Gasteiger charge is 2.47. The fraction of sp³-hybridized carbons (Fsp3) is 0.208. The molecule has 13 heteroatoms. The molecule has 6 N–H and O–H groups in total. The molecule has 37 heavy (non-hydrogen) atoms. The number of halogens is 1. The molecule has 188 valence electrons. The zero-order valence-corrected chi connectivity index (χ0v) is 20.7. The number of rotatable bonds is 5. The van der Waals surface area contributed by atoms with E-state index >= 15 is 0 Å². The number of nitrogens with two attached hydrogens (primary N) is 2. The van der Waals surface area contributed by atoms with Gasteiger partial charge in [0.25, 0.3) is 0 Å². The highest BCUT2D eigenvalue weighted by Crippen LogP contribution is 2.40. The van der Waals surface area contributed by atoms with Crippen molar-refractivity contribution in [3.63, 3.8) is 0 Å². The number of hydrogen-bond acceptors (Lipinski definition) is 9. The Hall–Kier alpha value is -3.91. The lowest BCUT2D eigenvalue weighted by Gasteiger charge is -2.17. The van der Waals surface area contributed by atoms with Gasteiger partial charge in [-0.25, -0.2) is 19.9 Å². The van der Waals surface area contributed by atoms with Crippen LogP contribution in [0.3, 0.4) is 0 Å². The van der Waals surface area contributed by atoms with Gasteiger partial charge in [-0.05, 0) is 35.9 Å². The Morgan fingerprint density at radius 1 is 1.11 bits per heavy atom. The molecule has 12 nitrogen and oxygen atoms in total. The molecule has 6 rings (SSSR count). The number of primary amides is 1. The summed E-state index contributed by atoms with van der Waals surface area (Å²) in [6.45, 7) is 0.395. The van der Waals surface area contributed by atoms with Crippen molar-refractivity contribution in [3.8, 4) is 0 Å². The Morgan fingerprint density at radius 3 is 2.73 bits per heavy atom. The minimum absolute atomic E-state index is 0.189. The van der Waals surface area contributed by atoms with Gasteiger partial charge in [0.15, 0.2) is 17.7 Å². The van der Waals surface area contributed by atoms with E-state index in [2.05, 4.69) is 30.9 Å². The number of hydrogen-bond donors (Lipinski definition) is 4. The van der Waals surface area contributed by atoms with Crippen molar-refractivity contribution < 1.29 is 19.7 Å². The van der Waals surface area contributed by atoms with Gasteiger partial charge in [-0.3, -0.25) is 9.36 Å². The zero-order chi connectivity index (χ0) is 25.8. The molecule has 0 spiro atoms. The average molecular weight is 565 g/mol. The molecule has 4 heterocycles. The number of ether oxygens (including phenoxy) is 1. The van der Waals surface area contributed by atoms with E-state index in [-0.39, 0.29) is 5.82 Å². The molecule has 4 atom stereocenters. The van der Waals surface area contributed by atoms with Gasteiger partial charge in [0, 0.05) is 16.6 Å². The molecule has 0 radical (unpaired) electrons. The second-order valence-electron chi connectivity index (χ2n) is 8.77. The van der Waals surface area contributed by atoms with Crippen molar-refractivity contribution in [1.82, 2.24) is 29.1 Å². The van der Waals surface area contributed by atoms with Crippen molar-refractivity contribution >= 4 is 49.9 Å². The number of fused-ring (bicyclic) bond motifs is 2. The first-order chi connectivity index (χ1) is 17.8. The van der Waals surface area contributed by atoms with E-state index in [1.165, 1.54) is 17.2 Å². The van der Waals surface area contributed by atoms with Gasteiger partial charge >= 0.3 is 0 Å². The number of aromatic nitrogens is 6. The molecule has 3 aromatic heterocycles. The van der Waals surface area contributed by atoms with E-state index in [0.29, 0.717) is 40.1 Å². The highest BCUT2D eigenvalue weighted by molar-refractivity contribution is 9.10. The maximum Gasteiger partial charge on any atom is 0.248 e. The minimum Gasteiger partial charge on any atom is -0.387 e. The summed E-state index contributed by atoms with van der Waals surface area (Å²) in [6.07, 6.45) is -1.94. The number of nitrogen functional groups attached to an aromatic ring is 1. The summed E-state index contributed by atoms with van der Waals surface area (Å²) in [5, 5.41) is 22.1. The van der Waals surface area contributed by atoms with Crippen molar-refractivity contribution in [1.29, 1.82) is 0 Å². The molecule has 1 aliphatic heterocycles. The molecule has 0 unspecified atom stereocenters. The number of imidazole rings is 2. The second kappa shape index (κ2) is 8.88. The van der Waals surface area contributed by atoms with Crippen LogP contribution in [0.25, 0.3) is 22.2 Å². The summed E-state index contributed by atoms with van der Waals surface area (Å²) in [7, 11) is 0. The Morgan fingerprint density at radius 2 is 1.95 bits per heavy atom. The van der Waals surface area contributed by atoms with Crippen molar-refractivity contribution in [3.05, 3.63) is 76.5 Å². The molecule has 0 saturated carbocycles. The predicted molar refractivity (Wildman–Crippen MR) is 136 cm³/mol. The third-order valence-electron chi connectivity index (χ3n) is 6.45. The van der Waals surface area contributed by atoms with Crippen molar-refractivity contribution in [2.24, 2.45) is 5.73 Å². The lowest BCUT2D eigenvalue weighted by Crippen LogP contribution is -2.29. The second-order valence-corrected chi connectivity index (χ2v) is 9.68. The van der Waals surface area contributed by atoms with Crippen LogP contribution in [0.1, 0.15) is 34.1 Å². The Balaban J connectivity index is 1.45. The molecule has 0 aliphatic carbocycles. The van der Waals surface area contributed by atoms with Crippen LogP contribution in [0.2, 0.25) is 0 Å². The number of carbonyl (C=O) groups excluding carboxylic acids is 1. The van der Waals surface area contributed by atoms with Gasteiger partial charge in [-0.1, -0.05) is 28.1 Å². The Kier molecular flexibility index (Phi) is 5.64. The van der Waals surface area contributed by atoms with Crippen LogP contribution in [0.4, 0.5) is 5.82 Å². The number of carbonyl (C=O) groups is 1. The van der Waals surface area contributed by atoms with Crippen LogP contribution in [-0.2, 0) is 11.3 Å². The van der Waals surface area contributed by atoms with Gasteiger partial charge in [0.05, 0.1) is 17.4 Å². The summed E-state index contributed by atoms with van der Waals surface area (Å²) in [5.74, 6) is -0.00973. The number of benzene rings is 2. The maximum absolute atomic E-state index is 11.8. The van der Waals surface area contributed by atoms with Crippen molar-refractivity contribution in [2.75, 3.05) is 5.73 Å². The molecule has 1 amide bonds. The number of aliphatic hydroxyl groups is 2. The molecule has 5 aromatic rings. The summed E-state index contributed by atoms with van der Waals surface area (Å²) in [5.41, 5.74) is 14.6. The maximum atomic E-state index is 11.8. The van der Waals surface area contributed by atoms with Gasteiger partial charge in [-0.2, -0.15) is 0 Å². The van der Waals surface area contributed by atoms with Crippen LogP contribution >= 0.6 is 15.9 Å². The standard InChI is InChI=1S/C24H21BrN8O4/c25-13-3-1-2-11(6-13)8-32-15-5-4-12(21(27)36)7-14(15)31-23(32)19-17(34)18(35)24(37-19)33-10-30-16-20(26)28-9-29-22(16)33/h1-7,9-10,17-19,24,34-35H,8H2,(H2,27,36)(H2,26,28,29)/t17-,18+,19-,24+/m0/s1. The first-order valence-corrected chi connectivity index (χ1v) is 12.1. The first-order valence-electron chi connectivity index (χ1n) is 11.3. The third-order valence-corrected chi connectivity index (χ3v) is 6.94. The quantitative estimate of drug-likeness (QED) is 0.247. The summed E-state index contributed by atoms with van der Waals surface area (Å²) < 4.78 is 10.5. The van der Waals surface area contributed by atoms with E-state index in [1.807, 2.05) is 28.8 Å². The Bertz CT molecular complexity index is 1670. The summed E-state index contributed by atoms with van der Waals surface area (Å²) in [4.78, 5) is 28.9. The number of anilines is 1. The zero-order valence-electron chi connectivity index (χ0n) is 19.1. The molecular formula is C24H21BrN8O4. The van der Waals surface area contributed by atoms with E-state index in [1.54, 1.807) is 18.2 Å². The van der Waals surface area contributed by atoms with Crippen LogP contribution in [0.5, 0.6) is 0 Å². The fourth-order valence-corrected chi connectivity index (χ4v) is 5.11. The number of aliphatic hydroxyl groups excluding tert-OH is 2. The molecule has 1 saturated heterocycles. The van der Waals surface area contributed by atoms with Crippen LogP contribution in [-0.4, -0.2) is 57.4 Å². The van der Waals surface area contributed by atoms with Gasteiger partial charge in [-0.15, -0.1) is 0 Å². The molecule has 1 aliphatic rings. The van der Waals surface area contributed by atoms with Crippen LogP contribution < -0.4 is 11.5 Å². The van der Waals surface area contributed by atoms with E-state index in [0.717, 1.165) is 10.0 Å². The predicted octanol–water partition coefficient (Wildman–Crippen LogP) is 1.66. The van der Waals surface area contributed by atoms with Crippen LogP contribution in [0, 0.1) is 0 Å². The third kappa shape index (κ3) is 3.92. The fourth-order valence-electron chi connectivity index (χ4n) is 4.66. The lowest BCUT2D eigenvalue weighted by molar-refractivity contribution is -0.0390. The summed E-state index contributed by atoms with van der Waals surface area (Å²) >= 11 is 3.50. The topological polar surface area (TPSA) is 180 Å². The Labute approximate surface area is 217 Å². The van der Waals surface area contributed by atoms with Gasteiger partial charge < -0.3 is 31.0 Å². The first kappa shape index (κ1) is 23.5. The largest absolute Gasteiger partial charge is 0.387 e. The van der Waals surface area contributed by atoms with E-state index in [9.17, 15) is 15.0 Å². The number of amides is 1. The average Bonchev–Trinajstić information content (AvgIpc) is 3.54. The van der Waals surface area contributed by atoms with E-state index in [4.69, 9.17) is 21.2 Å². The lowest BCUT2D eigenvalue weighted by atomic mass is 10.1. The van der Waals surface area contributed by atoms with Gasteiger partial charge in [0.1, 0.15) is 36.0 Å². The van der Waals surface area contributed by atoms with Crippen LogP contribution in [0.15, 0.2) is 59.6 Å². The highest BCUT2D eigenvalue weighted by atomic mass is 79.9. The van der Waals surface area contributed by atoms with Crippen molar-refractivity contribution in [2.45, 2.75) is 31.1 Å². The van der Waals surface area contributed by atoms with Gasteiger partial charge in [0.2, 0.25) is 5.91 Å². The normalized spacial score (nSPS) is 21.7. The van der Waals surface area contributed by atoms with E-state index < -0.39 is 30.4 Å².